The van der Waals surface area contributed by atoms with Gasteiger partial charge in [0.15, 0.2) is 12.4 Å². The van der Waals surface area contributed by atoms with Crippen LogP contribution in [-0.4, -0.2) is 30.8 Å². The molecule has 1 aliphatic heterocycles. The first-order valence-electron chi connectivity index (χ1n) is 12.2. The summed E-state index contributed by atoms with van der Waals surface area (Å²) in [5, 5.41) is 0. The monoisotopic (exact) mass is 485 g/mol. The predicted molar refractivity (Wildman–Crippen MR) is 139 cm³/mol. The number of Topliss-reactive ketones (excluding diaryl/α,β-unsaturated/α-hetero) is 1. The van der Waals surface area contributed by atoms with Crippen LogP contribution in [0, 0.1) is 19.8 Å². The first-order valence-corrected chi connectivity index (χ1v) is 12.2. The average molecular weight is 486 g/mol. The standard InChI is InChI=1S/C30H31NO5/c1-19(2)26-14-7-21(4)15-28(26)36-25-12-10-24(11-13-25)31-17-23(16-29(31)33)30(34)35-18-27(32)22-8-5-20(3)6-9-22/h5-15,19,23H,16-18H2,1-4H3/t23-/m1/s1. The van der Waals surface area contributed by atoms with Crippen LogP contribution in [0.1, 0.15) is 53.2 Å². The zero-order chi connectivity index (χ0) is 25.8. The van der Waals surface area contributed by atoms with E-state index >= 15 is 0 Å². The Kier molecular flexibility index (Phi) is 7.53. The van der Waals surface area contributed by atoms with E-state index in [1.165, 1.54) is 0 Å². The van der Waals surface area contributed by atoms with Gasteiger partial charge in [-0.05, 0) is 61.2 Å². The second-order valence-corrected chi connectivity index (χ2v) is 9.59. The van der Waals surface area contributed by atoms with Crippen molar-refractivity contribution in [1.29, 1.82) is 0 Å². The second-order valence-electron chi connectivity index (χ2n) is 9.59. The lowest BCUT2D eigenvalue weighted by atomic mass is 10.0. The summed E-state index contributed by atoms with van der Waals surface area (Å²) >= 11 is 0. The molecule has 186 valence electrons. The number of rotatable bonds is 8. The number of amides is 1. The van der Waals surface area contributed by atoms with Gasteiger partial charge >= 0.3 is 5.97 Å². The molecule has 0 bridgehead atoms. The summed E-state index contributed by atoms with van der Waals surface area (Å²) in [5.74, 6) is 0.241. The van der Waals surface area contributed by atoms with Crippen molar-refractivity contribution in [1.82, 2.24) is 0 Å². The fraction of sp³-hybridized carbons (Fsp3) is 0.300. The van der Waals surface area contributed by atoms with Gasteiger partial charge in [0.1, 0.15) is 11.5 Å². The number of esters is 1. The summed E-state index contributed by atoms with van der Waals surface area (Å²) in [6, 6.07) is 20.5. The molecule has 0 aromatic heterocycles. The molecule has 4 rings (SSSR count). The maximum Gasteiger partial charge on any atom is 0.311 e. The number of hydrogen-bond donors (Lipinski definition) is 0. The number of ether oxygens (including phenoxy) is 2. The molecular weight excluding hydrogens is 454 g/mol. The summed E-state index contributed by atoms with van der Waals surface area (Å²) in [4.78, 5) is 39.1. The third kappa shape index (κ3) is 5.82. The van der Waals surface area contributed by atoms with Crippen molar-refractivity contribution >= 4 is 23.3 Å². The number of benzene rings is 3. The summed E-state index contributed by atoms with van der Waals surface area (Å²) in [7, 11) is 0. The third-order valence-corrected chi connectivity index (χ3v) is 6.34. The third-order valence-electron chi connectivity index (χ3n) is 6.34. The molecule has 36 heavy (non-hydrogen) atoms. The highest BCUT2D eigenvalue weighted by Gasteiger charge is 2.36. The number of ketones is 1. The first kappa shape index (κ1) is 25.2. The lowest BCUT2D eigenvalue weighted by Gasteiger charge is -2.18. The minimum absolute atomic E-state index is 0.0524. The summed E-state index contributed by atoms with van der Waals surface area (Å²) < 4.78 is 11.4. The van der Waals surface area contributed by atoms with E-state index in [4.69, 9.17) is 9.47 Å². The molecule has 1 amide bonds. The van der Waals surface area contributed by atoms with Gasteiger partial charge in [0.25, 0.3) is 0 Å². The smallest absolute Gasteiger partial charge is 0.311 e. The molecule has 1 aliphatic rings. The number of carbonyl (C=O) groups is 3. The number of nitrogens with zero attached hydrogens (tertiary/aromatic N) is 1. The summed E-state index contributed by atoms with van der Waals surface area (Å²) in [6.45, 7) is 8.09. The predicted octanol–water partition coefficient (Wildman–Crippen LogP) is 6.00. The molecule has 1 heterocycles. The number of aryl methyl sites for hydroxylation is 2. The Morgan fingerprint density at radius 3 is 2.28 bits per heavy atom. The van der Waals surface area contributed by atoms with Gasteiger partial charge in [-0.15, -0.1) is 0 Å². The second kappa shape index (κ2) is 10.8. The fourth-order valence-corrected chi connectivity index (χ4v) is 4.22. The zero-order valence-electron chi connectivity index (χ0n) is 21.1. The Morgan fingerprint density at radius 1 is 0.944 bits per heavy atom. The quantitative estimate of drug-likeness (QED) is 0.289. The van der Waals surface area contributed by atoms with E-state index in [0.717, 1.165) is 22.4 Å². The van der Waals surface area contributed by atoms with Crippen molar-refractivity contribution in [3.8, 4) is 11.5 Å². The van der Waals surface area contributed by atoms with Gasteiger partial charge in [0.2, 0.25) is 5.91 Å². The lowest BCUT2D eigenvalue weighted by molar-refractivity contribution is -0.147. The Balaban J connectivity index is 1.36. The van der Waals surface area contributed by atoms with Crippen LogP contribution in [0.2, 0.25) is 0 Å². The van der Waals surface area contributed by atoms with E-state index in [-0.39, 0.29) is 31.3 Å². The molecular formula is C30H31NO5. The van der Waals surface area contributed by atoms with Crippen LogP contribution >= 0.6 is 0 Å². The SMILES string of the molecule is Cc1ccc(C(=O)COC(=O)[C@@H]2CC(=O)N(c3ccc(Oc4cc(C)ccc4C(C)C)cc3)C2)cc1. The largest absolute Gasteiger partial charge is 0.457 e. The molecule has 1 atom stereocenters. The van der Waals surface area contributed by atoms with Gasteiger partial charge in [-0.1, -0.05) is 55.8 Å². The van der Waals surface area contributed by atoms with Gasteiger partial charge in [-0.2, -0.15) is 0 Å². The van der Waals surface area contributed by atoms with E-state index in [0.29, 0.717) is 22.9 Å². The Labute approximate surface area is 211 Å². The Morgan fingerprint density at radius 2 is 1.61 bits per heavy atom. The van der Waals surface area contributed by atoms with Gasteiger partial charge in [0.05, 0.1) is 5.92 Å². The van der Waals surface area contributed by atoms with Crippen LogP contribution in [0.3, 0.4) is 0 Å². The Bertz CT molecular complexity index is 1260. The normalized spacial score (nSPS) is 15.3. The van der Waals surface area contributed by atoms with Crippen LogP contribution in [0.15, 0.2) is 66.7 Å². The molecule has 0 unspecified atom stereocenters. The molecule has 0 saturated carbocycles. The molecule has 6 heteroatoms. The minimum atomic E-state index is -0.611. The first-order chi connectivity index (χ1) is 17.2. The average Bonchev–Trinajstić information content (AvgIpc) is 3.24. The maximum atomic E-state index is 12.6. The summed E-state index contributed by atoms with van der Waals surface area (Å²) in [5.41, 5.74) is 4.47. The van der Waals surface area contributed by atoms with Crippen LogP contribution in [0.5, 0.6) is 11.5 Å². The van der Waals surface area contributed by atoms with E-state index in [1.54, 1.807) is 17.0 Å². The van der Waals surface area contributed by atoms with E-state index in [2.05, 4.69) is 26.0 Å². The highest BCUT2D eigenvalue weighted by Crippen LogP contribution is 2.33. The molecule has 1 saturated heterocycles. The highest BCUT2D eigenvalue weighted by atomic mass is 16.5. The molecule has 1 fully saturated rings. The topological polar surface area (TPSA) is 72.9 Å². The van der Waals surface area contributed by atoms with E-state index in [1.807, 2.05) is 56.3 Å². The van der Waals surface area contributed by atoms with Crippen molar-refractivity contribution < 1.29 is 23.9 Å². The van der Waals surface area contributed by atoms with Gasteiger partial charge in [-0.25, -0.2) is 0 Å². The van der Waals surface area contributed by atoms with Crippen molar-refractivity contribution in [3.63, 3.8) is 0 Å². The molecule has 0 radical (unpaired) electrons. The van der Waals surface area contributed by atoms with Crippen molar-refractivity contribution in [2.45, 2.75) is 40.0 Å². The van der Waals surface area contributed by atoms with Crippen LogP contribution in [0.25, 0.3) is 0 Å². The number of anilines is 1. The van der Waals surface area contributed by atoms with Gasteiger partial charge in [-0.3, -0.25) is 14.4 Å². The minimum Gasteiger partial charge on any atom is -0.457 e. The van der Waals surface area contributed by atoms with Crippen LogP contribution in [0.4, 0.5) is 5.69 Å². The highest BCUT2D eigenvalue weighted by molar-refractivity contribution is 6.01. The fourth-order valence-electron chi connectivity index (χ4n) is 4.22. The molecule has 3 aromatic rings. The van der Waals surface area contributed by atoms with Gasteiger partial charge < -0.3 is 14.4 Å². The molecule has 6 nitrogen and oxygen atoms in total. The lowest BCUT2D eigenvalue weighted by Crippen LogP contribution is -2.27. The van der Waals surface area contributed by atoms with Crippen molar-refractivity contribution in [2.75, 3.05) is 18.1 Å². The van der Waals surface area contributed by atoms with E-state index in [9.17, 15) is 14.4 Å². The maximum absolute atomic E-state index is 12.6. The number of carbonyl (C=O) groups excluding carboxylic acids is 3. The zero-order valence-corrected chi connectivity index (χ0v) is 21.1. The molecule has 0 N–H and O–H groups in total. The molecule has 0 spiro atoms. The van der Waals surface area contributed by atoms with Crippen molar-refractivity contribution in [2.24, 2.45) is 5.92 Å². The van der Waals surface area contributed by atoms with Gasteiger partial charge in [0, 0.05) is 24.2 Å². The van der Waals surface area contributed by atoms with Crippen LogP contribution in [-0.2, 0) is 14.3 Å². The Hall–Kier alpha value is -3.93. The molecule has 3 aromatic carbocycles. The van der Waals surface area contributed by atoms with E-state index < -0.39 is 11.9 Å². The molecule has 0 aliphatic carbocycles. The number of hydrogen-bond acceptors (Lipinski definition) is 5. The van der Waals surface area contributed by atoms with Crippen molar-refractivity contribution in [3.05, 3.63) is 89.0 Å². The summed E-state index contributed by atoms with van der Waals surface area (Å²) in [6.07, 6.45) is 0.0524. The van der Waals surface area contributed by atoms with Crippen LogP contribution < -0.4 is 9.64 Å².